The topological polar surface area (TPSA) is 29.1 Å². The summed E-state index contributed by atoms with van der Waals surface area (Å²) in [5, 5.41) is 6.44. The van der Waals surface area contributed by atoms with Gasteiger partial charge in [-0.3, -0.25) is 4.79 Å². The largest absolute Gasteiger partial charge is 0.354 e. The predicted octanol–water partition coefficient (Wildman–Crippen LogP) is 7.66. The van der Waals surface area contributed by atoms with E-state index in [9.17, 15) is 4.79 Å². The molecule has 1 heterocycles. The fourth-order valence-corrected chi connectivity index (χ4v) is 5.50. The van der Waals surface area contributed by atoms with Crippen molar-refractivity contribution in [3.63, 3.8) is 0 Å². The van der Waals surface area contributed by atoms with Gasteiger partial charge in [0.25, 0.3) is 0 Å². The van der Waals surface area contributed by atoms with Gasteiger partial charge in [0, 0.05) is 25.7 Å². The van der Waals surface area contributed by atoms with Crippen LogP contribution in [0.2, 0.25) is 5.02 Å². The van der Waals surface area contributed by atoms with E-state index in [1.807, 2.05) is 54.6 Å². The standard InChI is InChI=1S/C25H14ClNOS/c26-19-12-18-15-7-3-4-11-22(15)29-23(18)13-21(19)27-20-10-5-9-16-14-6-1-2-8-17(14)25(28)24(16)20/h1-13,27H. The SMILES string of the molecule is O=C1c2ccccc2-c2cccc(Nc3cc4sc5ccccc5c4cc3Cl)c21. The van der Waals surface area contributed by atoms with Crippen molar-refractivity contribution in [2.24, 2.45) is 0 Å². The number of halogens is 1. The van der Waals surface area contributed by atoms with E-state index in [2.05, 4.69) is 29.6 Å². The molecule has 1 aromatic heterocycles. The molecule has 0 saturated carbocycles. The lowest BCUT2D eigenvalue weighted by Crippen LogP contribution is -2.01. The van der Waals surface area contributed by atoms with Crippen LogP contribution in [-0.4, -0.2) is 5.78 Å². The summed E-state index contributed by atoms with van der Waals surface area (Å²) in [5.41, 5.74) is 5.01. The van der Waals surface area contributed by atoms with Crippen LogP contribution in [0.4, 0.5) is 11.4 Å². The number of anilines is 2. The first-order valence-corrected chi connectivity index (χ1v) is 10.5. The number of carbonyl (C=O) groups excluding carboxylic acids is 1. The Bertz CT molecular complexity index is 1470. The lowest BCUT2D eigenvalue weighted by atomic mass is 10.0. The average Bonchev–Trinajstić information content (AvgIpc) is 3.25. The van der Waals surface area contributed by atoms with Gasteiger partial charge in [0.2, 0.25) is 0 Å². The van der Waals surface area contributed by atoms with Gasteiger partial charge >= 0.3 is 0 Å². The number of fused-ring (bicyclic) bond motifs is 6. The molecule has 138 valence electrons. The zero-order valence-corrected chi connectivity index (χ0v) is 16.8. The molecule has 5 aromatic rings. The quantitative estimate of drug-likeness (QED) is 0.317. The summed E-state index contributed by atoms with van der Waals surface area (Å²) in [6.07, 6.45) is 0. The third-order valence-corrected chi connectivity index (χ3v) is 6.94. The highest BCUT2D eigenvalue weighted by Crippen LogP contribution is 2.43. The van der Waals surface area contributed by atoms with E-state index >= 15 is 0 Å². The summed E-state index contributed by atoms with van der Waals surface area (Å²) in [4.78, 5) is 13.0. The van der Waals surface area contributed by atoms with Crippen LogP contribution in [0.25, 0.3) is 31.3 Å². The first-order chi connectivity index (χ1) is 14.2. The maximum atomic E-state index is 13.0. The summed E-state index contributed by atoms with van der Waals surface area (Å²) in [5.74, 6) is 0.0535. The molecule has 2 nitrogen and oxygen atoms in total. The molecule has 0 aliphatic heterocycles. The maximum Gasteiger partial charge on any atom is 0.196 e. The minimum atomic E-state index is 0.0535. The lowest BCUT2D eigenvalue weighted by Gasteiger charge is -2.12. The highest BCUT2D eigenvalue weighted by molar-refractivity contribution is 7.25. The summed E-state index contributed by atoms with van der Waals surface area (Å²) in [6.45, 7) is 0. The van der Waals surface area contributed by atoms with Gasteiger partial charge in [-0.1, -0.05) is 66.2 Å². The number of hydrogen-bond donors (Lipinski definition) is 1. The molecule has 0 fully saturated rings. The van der Waals surface area contributed by atoms with E-state index in [-0.39, 0.29) is 5.78 Å². The summed E-state index contributed by atoms with van der Waals surface area (Å²) >= 11 is 8.39. The monoisotopic (exact) mass is 411 g/mol. The lowest BCUT2D eigenvalue weighted by molar-refractivity contribution is 0.104. The Kier molecular flexibility index (Phi) is 3.58. The van der Waals surface area contributed by atoms with Crippen molar-refractivity contribution in [3.05, 3.63) is 95.0 Å². The van der Waals surface area contributed by atoms with E-state index in [0.717, 1.165) is 33.5 Å². The van der Waals surface area contributed by atoms with Gasteiger partial charge in [0.15, 0.2) is 5.78 Å². The Hall–Kier alpha value is -3.14. The molecule has 1 aliphatic rings. The van der Waals surface area contributed by atoms with Crippen LogP contribution >= 0.6 is 22.9 Å². The van der Waals surface area contributed by atoms with Crippen molar-refractivity contribution in [2.75, 3.05) is 5.32 Å². The molecule has 0 saturated heterocycles. The number of benzene rings is 4. The second kappa shape index (κ2) is 6.18. The smallest absolute Gasteiger partial charge is 0.196 e. The van der Waals surface area contributed by atoms with E-state index in [0.29, 0.717) is 10.6 Å². The summed E-state index contributed by atoms with van der Waals surface area (Å²) in [6, 6.07) is 26.1. The molecule has 1 N–H and O–H groups in total. The van der Waals surface area contributed by atoms with E-state index in [1.165, 1.54) is 14.8 Å². The van der Waals surface area contributed by atoms with Crippen molar-refractivity contribution < 1.29 is 4.79 Å². The second-order valence-electron chi connectivity index (χ2n) is 7.15. The molecule has 1 aliphatic carbocycles. The Morgan fingerprint density at radius 3 is 2.34 bits per heavy atom. The highest BCUT2D eigenvalue weighted by atomic mass is 35.5. The first kappa shape index (κ1) is 16.8. The fourth-order valence-electron chi connectivity index (χ4n) is 4.16. The molecular weight excluding hydrogens is 398 g/mol. The number of rotatable bonds is 2. The molecule has 6 rings (SSSR count). The van der Waals surface area contributed by atoms with E-state index in [4.69, 9.17) is 11.6 Å². The molecule has 29 heavy (non-hydrogen) atoms. The molecule has 0 spiro atoms. The summed E-state index contributed by atoms with van der Waals surface area (Å²) in [7, 11) is 0. The molecule has 0 unspecified atom stereocenters. The normalized spacial score (nSPS) is 12.4. The predicted molar refractivity (Wildman–Crippen MR) is 123 cm³/mol. The van der Waals surface area contributed by atoms with Crippen LogP contribution in [0.15, 0.2) is 78.9 Å². The molecule has 0 radical (unpaired) electrons. The number of ketones is 1. The van der Waals surface area contributed by atoms with Crippen molar-refractivity contribution in [1.82, 2.24) is 0 Å². The molecule has 0 atom stereocenters. The third kappa shape index (κ3) is 2.45. The van der Waals surface area contributed by atoms with E-state index in [1.54, 1.807) is 11.3 Å². The van der Waals surface area contributed by atoms with Gasteiger partial charge in [-0.15, -0.1) is 11.3 Å². The van der Waals surface area contributed by atoms with E-state index < -0.39 is 0 Å². The van der Waals surface area contributed by atoms with Gasteiger partial charge in [0.1, 0.15) is 0 Å². The van der Waals surface area contributed by atoms with Gasteiger partial charge in [-0.25, -0.2) is 0 Å². The van der Waals surface area contributed by atoms with Crippen LogP contribution in [0.3, 0.4) is 0 Å². The highest BCUT2D eigenvalue weighted by Gasteiger charge is 2.28. The Morgan fingerprint density at radius 2 is 1.45 bits per heavy atom. The Morgan fingerprint density at radius 1 is 0.690 bits per heavy atom. The number of nitrogens with one attached hydrogen (secondary N) is 1. The van der Waals surface area contributed by atoms with Crippen LogP contribution < -0.4 is 5.32 Å². The van der Waals surface area contributed by atoms with Crippen molar-refractivity contribution in [2.45, 2.75) is 0 Å². The molecule has 4 heteroatoms. The molecule has 0 amide bonds. The number of carbonyl (C=O) groups is 1. The van der Waals surface area contributed by atoms with Gasteiger partial charge in [-0.2, -0.15) is 0 Å². The molecular formula is C25H14ClNOS. The fraction of sp³-hybridized carbons (Fsp3) is 0. The zero-order chi connectivity index (χ0) is 19.5. The van der Waals surface area contributed by atoms with Gasteiger partial charge < -0.3 is 5.32 Å². The molecule has 0 bridgehead atoms. The van der Waals surface area contributed by atoms with Crippen LogP contribution in [0.5, 0.6) is 0 Å². The van der Waals surface area contributed by atoms with Crippen LogP contribution in [0, 0.1) is 0 Å². The number of hydrogen-bond acceptors (Lipinski definition) is 3. The van der Waals surface area contributed by atoms with Gasteiger partial charge in [-0.05, 0) is 35.4 Å². The second-order valence-corrected chi connectivity index (χ2v) is 8.65. The Labute approximate surface area is 176 Å². The third-order valence-electron chi connectivity index (χ3n) is 5.49. The Balaban J connectivity index is 1.49. The molecule has 4 aromatic carbocycles. The maximum absolute atomic E-state index is 13.0. The van der Waals surface area contributed by atoms with Crippen LogP contribution in [0.1, 0.15) is 15.9 Å². The minimum absolute atomic E-state index is 0.0535. The zero-order valence-electron chi connectivity index (χ0n) is 15.2. The average molecular weight is 412 g/mol. The van der Waals surface area contributed by atoms with Crippen molar-refractivity contribution in [1.29, 1.82) is 0 Å². The van der Waals surface area contributed by atoms with Crippen LogP contribution in [-0.2, 0) is 0 Å². The van der Waals surface area contributed by atoms with Crippen molar-refractivity contribution in [3.8, 4) is 11.1 Å². The van der Waals surface area contributed by atoms with Gasteiger partial charge in [0.05, 0.1) is 22.0 Å². The minimum Gasteiger partial charge on any atom is -0.354 e. The number of thiophene rings is 1. The summed E-state index contributed by atoms with van der Waals surface area (Å²) < 4.78 is 2.40. The first-order valence-electron chi connectivity index (χ1n) is 9.35. The van der Waals surface area contributed by atoms with Crippen molar-refractivity contribution >= 4 is 60.3 Å².